The molecule has 7 heteroatoms. The van der Waals surface area contributed by atoms with Crippen LogP contribution in [0.3, 0.4) is 0 Å². The zero-order chi connectivity index (χ0) is 22.5. The van der Waals surface area contributed by atoms with Crippen LogP contribution in [0.15, 0.2) is 65.9 Å². The first-order valence-electron chi connectivity index (χ1n) is 10.9. The second-order valence-corrected chi connectivity index (χ2v) is 8.82. The minimum Gasteiger partial charge on any atom is -0.466 e. The standard InChI is InChI=1S/C25H28ClN3O3/c1-32-24(30)22-21(27-25(31)28-23(22)19-8-5-9-20(26)15-19)16-29-12-10-18(11-13-29)14-17-6-3-2-4-7-17/h2-9,15,18,23H,10-14,16H2,1H3,(H2,27,28,31)/t23-/m0/s1. The van der Waals surface area contributed by atoms with Crippen LogP contribution in [0.1, 0.15) is 30.0 Å². The molecule has 0 bridgehead atoms. The Bertz CT molecular complexity index is 1000. The molecule has 1 saturated heterocycles. The fourth-order valence-electron chi connectivity index (χ4n) is 4.55. The molecule has 2 heterocycles. The van der Waals surface area contributed by atoms with Gasteiger partial charge in [-0.2, -0.15) is 0 Å². The number of ether oxygens (including phenoxy) is 1. The van der Waals surface area contributed by atoms with Crippen LogP contribution in [0.5, 0.6) is 0 Å². The predicted octanol–water partition coefficient (Wildman–Crippen LogP) is 4.08. The maximum absolute atomic E-state index is 12.7. The van der Waals surface area contributed by atoms with Gasteiger partial charge in [-0.3, -0.25) is 4.90 Å². The van der Waals surface area contributed by atoms with Gasteiger partial charge in [0.15, 0.2) is 0 Å². The number of esters is 1. The number of nitrogens with zero attached hydrogens (tertiary/aromatic N) is 1. The summed E-state index contributed by atoms with van der Waals surface area (Å²) in [7, 11) is 1.35. The lowest BCUT2D eigenvalue weighted by Crippen LogP contribution is -2.49. The van der Waals surface area contributed by atoms with Crippen LogP contribution in [0.2, 0.25) is 5.02 Å². The molecule has 2 aromatic rings. The largest absolute Gasteiger partial charge is 0.466 e. The van der Waals surface area contributed by atoms with Crippen molar-refractivity contribution in [1.29, 1.82) is 0 Å². The summed E-state index contributed by atoms with van der Waals surface area (Å²) in [5.41, 5.74) is 3.12. The minimum atomic E-state index is -0.611. The average molecular weight is 454 g/mol. The summed E-state index contributed by atoms with van der Waals surface area (Å²) < 4.78 is 5.07. The summed E-state index contributed by atoms with van der Waals surface area (Å²) in [4.78, 5) is 27.5. The van der Waals surface area contributed by atoms with Gasteiger partial charge in [0.1, 0.15) is 0 Å². The Balaban J connectivity index is 1.50. The molecule has 2 aliphatic heterocycles. The third kappa shape index (κ3) is 5.31. The van der Waals surface area contributed by atoms with Crippen LogP contribution in [0.4, 0.5) is 4.79 Å². The van der Waals surface area contributed by atoms with Crippen LogP contribution in [-0.2, 0) is 16.0 Å². The lowest BCUT2D eigenvalue weighted by Gasteiger charge is -2.35. The minimum absolute atomic E-state index is 0.336. The SMILES string of the molecule is COC(=O)C1=C(CN2CCC(Cc3ccccc3)CC2)NC(=O)N[C@H]1c1cccc(Cl)c1. The zero-order valence-corrected chi connectivity index (χ0v) is 18.9. The van der Waals surface area contributed by atoms with Crippen molar-refractivity contribution in [2.24, 2.45) is 5.92 Å². The van der Waals surface area contributed by atoms with Crippen molar-refractivity contribution in [3.05, 3.63) is 82.0 Å². The monoisotopic (exact) mass is 453 g/mol. The van der Waals surface area contributed by atoms with E-state index in [2.05, 4.69) is 39.8 Å². The number of halogens is 1. The molecular weight excluding hydrogens is 426 g/mol. The first kappa shape index (κ1) is 22.4. The van der Waals surface area contributed by atoms with Crippen molar-refractivity contribution in [2.45, 2.75) is 25.3 Å². The fraction of sp³-hybridized carbons (Fsp3) is 0.360. The van der Waals surface area contributed by atoms with E-state index in [0.29, 0.717) is 28.8 Å². The number of methoxy groups -OCH3 is 1. The van der Waals surface area contributed by atoms with Gasteiger partial charge in [0.25, 0.3) is 0 Å². The highest BCUT2D eigenvalue weighted by Crippen LogP contribution is 2.30. The predicted molar refractivity (Wildman–Crippen MR) is 124 cm³/mol. The topological polar surface area (TPSA) is 70.7 Å². The van der Waals surface area contributed by atoms with Crippen molar-refractivity contribution in [3.8, 4) is 0 Å². The van der Waals surface area contributed by atoms with Crippen molar-refractivity contribution in [2.75, 3.05) is 26.7 Å². The van der Waals surface area contributed by atoms with Crippen molar-refractivity contribution in [3.63, 3.8) is 0 Å². The number of rotatable bonds is 6. The van der Waals surface area contributed by atoms with Crippen LogP contribution >= 0.6 is 11.6 Å². The van der Waals surface area contributed by atoms with E-state index in [1.807, 2.05) is 12.1 Å². The maximum atomic E-state index is 12.7. The number of carbonyl (C=O) groups excluding carboxylic acids is 2. The highest BCUT2D eigenvalue weighted by molar-refractivity contribution is 6.30. The summed E-state index contributed by atoms with van der Waals surface area (Å²) in [5.74, 6) is 0.181. The van der Waals surface area contributed by atoms with Gasteiger partial charge in [0.2, 0.25) is 0 Å². The molecule has 2 aliphatic rings. The van der Waals surface area contributed by atoms with Crippen LogP contribution < -0.4 is 10.6 Å². The first-order valence-corrected chi connectivity index (χ1v) is 11.3. The Morgan fingerprint density at radius 2 is 1.88 bits per heavy atom. The molecule has 168 valence electrons. The number of amides is 2. The van der Waals surface area contributed by atoms with Crippen molar-refractivity contribution in [1.82, 2.24) is 15.5 Å². The summed E-state index contributed by atoms with van der Waals surface area (Å²) >= 11 is 6.16. The van der Waals surface area contributed by atoms with Gasteiger partial charge in [-0.15, -0.1) is 0 Å². The number of carbonyl (C=O) groups is 2. The molecule has 0 aromatic heterocycles. The van der Waals surface area contributed by atoms with Crippen molar-refractivity contribution < 1.29 is 14.3 Å². The number of nitrogens with one attached hydrogen (secondary N) is 2. The molecule has 6 nitrogen and oxygen atoms in total. The third-order valence-electron chi connectivity index (χ3n) is 6.20. The summed E-state index contributed by atoms with van der Waals surface area (Å²) in [6, 6.07) is 16.8. The van der Waals surface area contributed by atoms with E-state index in [0.717, 1.165) is 37.9 Å². The summed E-state index contributed by atoms with van der Waals surface area (Å²) in [6.07, 6.45) is 3.25. The number of hydrogen-bond donors (Lipinski definition) is 2. The Labute approximate surface area is 193 Å². The van der Waals surface area contributed by atoms with Crippen LogP contribution in [0, 0.1) is 5.92 Å². The lowest BCUT2D eigenvalue weighted by molar-refractivity contribution is -0.136. The first-order chi connectivity index (χ1) is 15.5. The Kier molecular flexibility index (Phi) is 7.12. The van der Waals surface area contributed by atoms with Gasteiger partial charge in [-0.1, -0.05) is 54.1 Å². The van der Waals surface area contributed by atoms with Gasteiger partial charge >= 0.3 is 12.0 Å². The zero-order valence-electron chi connectivity index (χ0n) is 18.1. The number of benzene rings is 2. The molecule has 0 unspecified atom stereocenters. The Hall–Kier alpha value is -2.83. The van der Waals surface area contributed by atoms with E-state index in [-0.39, 0.29) is 6.03 Å². The molecule has 0 spiro atoms. The van der Waals surface area contributed by atoms with Gasteiger partial charge in [0.05, 0.1) is 18.7 Å². The third-order valence-corrected chi connectivity index (χ3v) is 6.43. The van der Waals surface area contributed by atoms with Crippen molar-refractivity contribution >= 4 is 23.6 Å². The number of hydrogen-bond acceptors (Lipinski definition) is 4. The number of urea groups is 1. The molecule has 0 saturated carbocycles. The lowest BCUT2D eigenvalue weighted by atomic mass is 9.89. The molecule has 2 amide bonds. The van der Waals surface area contributed by atoms with Crippen LogP contribution in [-0.4, -0.2) is 43.6 Å². The molecule has 1 atom stereocenters. The molecule has 0 radical (unpaired) electrons. The van der Waals surface area contributed by atoms with Gasteiger partial charge in [0, 0.05) is 17.3 Å². The van der Waals surface area contributed by atoms with E-state index < -0.39 is 12.0 Å². The highest BCUT2D eigenvalue weighted by Gasteiger charge is 2.34. The number of likely N-dealkylation sites (tertiary alicyclic amines) is 1. The second-order valence-electron chi connectivity index (χ2n) is 8.38. The van der Waals surface area contributed by atoms with Gasteiger partial charge in [-0.05, 0) is 61.5 Å². The van der Waals surface area contributed by atoms with E-state index in [1.165, 1.54) is 12.7 Å². The fourth-order valence-corrected chi connectivity index (χ4v) is 4.75. The molecule has 2 aromatic carbocycles. The molecule has 2 N–H and O–H groups in total. The Morgan fingerprint density at radius 3 is 2.56 bits per heavy atom. The summed E-state index contributed by atoms with van der Waals surface area (Å²) in [6.45, 7) is 2.33. The summed E-state index contributed by atoms with van der Waals surface area (Å²) in [5, 5.41) is 6.23. The second kappa shape index (κ2) is 10.2. The average Bonchev–Trinajstić information content (AvgIpc) is 2.80. The quantitative estimate of drug-likeness (QED) is 0.647. The molecular formula is C25H28ClN3O3. The van der Waals surface area contributed by atoms with E-state index in [4.69, 9.17) is 16.3 Å². The van der Waals surface area contributed by atoms with Gasteiger partial charge in [-0.25, -0.2) is 9.59 Å². The van der Waals surface area contributed by atoms with Crippen LogP contribution in [0.25, 0.3) is 0 Å². The maximum Gasteiger partial charge on any atom is 0.338 e. The van der Waals surface area contributed by atoms with E-state index in [1.54, 1.807) is 18.2 Å². The molecule has 1 fully saturated rings. The molecule has 4 rings (SSSR count). The van der Waals surface area contributed by atoms with E-state index in [9.17, 15) is 9.59 Å². The normalized spacial score (nSPS) is 19.9. The molecule has 0 aliphatic carbocycles. The smallest absolute Gasteiger partial charge is 0.338 e. The number of piperidine rings is 1. The van der Waals surface area contributed by atoms with E-state index >= 15 is 0 Å². The molecule has 32 heavy (non-hydrogen) atoms. The highest BCUT2D eigenvalue weighted by atomic mass is 35.5. The van der Waals surface area contributed by atoms with Gasteiger partial charge < -0.3 is 15.4 Å². The Morgan fingerprint density at radius 1 is 1.12 bits per heavy atom.